The van der Waals surface area contributed by atoms with Gasteiger partial charge < -0.3 is 19.4 Å². The molecule has 2 amide bonds. The topological polar surface area (TPSA) is 53.1 Å². The van der Waals surface area contributed by atoms with E-state index in [9.17, 15) is 9.59 Å². The van der Waals surface area contributed by atoms with Gasteiger partial charge in [0.05, 0.1) is 7.11 Å². The van der Waals surface area contributed by atoms with Crippen LogP contribution in [-0.2, 0) is 9.59 Å². The lowest BCUT2D eigenvalue weighted by molar-refractivity contribution is -0.140. The maximum Gasteiger partial charge on any atom is 0.239 e. The summed E-state index contributed by atoms with van der Waals surface area (Å²) in [4.78, 5) is 31.6. The molecule has 2 saturated heterocycles. The molecule has 2 aliphatic heterocycles. The zero-order valence-corrected chi connectivity index (χ0v) is 17.1. The number of rotatable bonds is 4. The van der Waals surface area contributed by atoms with Crippen LogP contribution < -0.4 is 14.5 Å². The molecule has 29 heavy (non-hydrogen) atoms. The van der Waals surface area contributed by atoms with E-state index in [1.54, 1.807) is 24.1 Å². The quantitative estimate of drug-likeness (QED) is 0.723. The predicted octanol–water partition coefficient (Wildman–Crippen LogP) is 3.05. The Hall–Kier alpha value is -2.73. The molecule has 2 fully saturated rings. The first kappa shape index (κ1) is 19.6. The molecule has 0 bridgehead atoms. The number of ether oxygens (including phenoxy) is 1. The molecule has 0 N–H and O–H groups in total. The number of benzene rings is 2. The average Bonchev–Trinajstić information content (AvgIpc) is 3.15. The molecule has 1 unspecified atom stereocenters. The normalized spacial score (nSPS) is 19.6. The fourth-order valence-electron chi connectivity index (χ4n) is 4.00. The summed E-state index contributed by atoms with van der Waals surface area (Å²) in [5.74, 6) is 0.0539. The number of hydrogen-bond acceptors (Lipinski definition) is 4. The minimum Gasteiger partial charge on any atom is -0.497 e. The molecule has 2 aromatic rings. The first-order chi connectivity index (χ1) is 14.1. The second kappa shape index (κ2) is 8.33. The molecule has 2 heterocycles. The van der Waals surface area contributed by atoms with Crippen LogP contribution in [0.25, 0.3) is 0 Å². The fourth-order valence-corrected chi connectivity index (χ4v) is 4.13. The third-order valence-corrected chi connectivity index (χ3v) is 5.90. The first-order valence-electron chi connectivity index (χ1n) is 9.81. The molecule has 0 aromatic heterocycles. The lowest BCUT2D eigenvalue weighted by Crippen LogP contribution is -2.51. The first-order valence-corrected chi connectivity index (χ1v) is 10.2. The lowest BCUT2D eigenvalue weighted by Gasteiger charge is -2.37. The third-order valence-electron chi connectivity index (χ3n) is 5.65. The molecular formula is C22H24ClN3O3. The molecule has 152 valence electrons. The van der Waals surface area contributed by atoms with E-state index in [0.717, 1.165) is 30.2 Å². The van der Waals surface area contributed by atoms with E-state index in [1.165, 1.54) is 0 Å². The van der Waals surface area contributed by atoms with Gasteiger partial charge in [0.15, 0.2) is 0 Å². The second-order valence-corrected chi connectivity index (χ2v) is 7.76. The van der Waals surface area contributed by atoms with Crippen molar-refractivity contribution in [3.63, 3.8) is 0 Å². The number of piperazine rings is 1. The standard InChI is InChI=1S/C22H24ClN3O3/c1-29-19-4-2-3-18(15-19)24-11-13-25(14-12-24)21(27)20-9-10-26(22(20)28)17-7-5-16(23)6-8-17/h2-8,15,20H,9-14H2,1H3. The van der Waals surface area contributed by atoms with E-state index < -0.39 is 5.92 Å². The largest absolute Gasteiger partial charge is 0.497 e. The molecule has 4 rings (SSSR count). The van der Waals surface area contributed by atoms with Crippen LogP contribution in [-0.4, -0.2) is 56.5 Å². The Bertz CT molecular complexity index is 894. The van der Waals surface area contributed by atoms with Gasteiger partial charge in [-0.25, -0.2) is 0 Å². The second-order valence-electron chi connectivity index (χ2n) is 7.32. The summed E-state index contributed by atoms with van der Waals surface area (Å²) in [7, 11) is 1.65. The third kappa shape index (κ3) is 4.03. The highest BCUT2D eigenvalue weighted by atomic mass is 35.5. The summed E-state index contributed by atoms with van der Waals surface area (Å²) in [5, 5.41) is 0.627. The van der Waals surface area contributed by atoms with E-state index in [4.69, 9.17) is 16.3 Å². The molecule has 6 nitrogen and oxygen atoms in total. The molecule has 0 aliphatic carbocycles. The number of halogens is 1. The number of nitrogens with zero attached hydrogens (tertiary/aromatic N) is 3. The Morgan fingerprint density at radius 1 is 1.00 bits per heavy atom. The van der Waals surface area contributed by atoms with Gasteiger partial charge in [-0.15, -0.1) is 0 Å². The highest BCUT2D eigenvalue weighted by molar-refractivity contribution is 6.30. The van der Waals surface area contributed by atoms with Crippen LogP contribution in [0.15, 0.2) is 48.5 Å². The number of carbonyl (C=O) groups is 2. The summed E-state index contributed by atoms with van der Waals surface area (Å²) in [6.07, 6.45) is 0.552. The van der Waals surface area contributed by atoms with Crippen LogP contribution in [0.1, 0.15) is 6.42 Å². The zero-order valence-electron chi connectivity index (χ0n) is 16.4. The molecule has 1 atom stereocenters. The molecule has 7 heteroatoms. The lowest BCUT2D eigenvalue weighted by atomic mass is 10.1. The minimum atomic E-state index is -0.589. The molecule has 0 radical (unpaired) electrons. The van der Waals surface area contributed by atoms with Gasteiger partial charge in [0.25, 0.3) is 0 Å². The average molecular weight is 414 g/mol. The maximum atomic E-state index is 13.0. The van der Waals surface area contributed by atoms with Gasteiger partial charge in [-0.1, -0.05) is 17.7 Å². The number of amides is 2. The highest BCUT2D eigenvalue weighted by Gasteiger charge is 2.40. The molecular weight excluding hydrogens is 390 g/mol. The molecule has 2 aliphatic rings. The van der Waals surface area contributed by atoms with Crippen molar-refractivity contribution >= 4 is 34.8 Å². The Morgan fingerprint density at radius 2 is 1.72 bits per heavy atom. The van der Waals surface area contributed by atoms with Crippen LogP contribution in [0.2, 0.25) is 5.02 Å². The molecule has 2 aromatic carbocycles. The Kier molecular flexibility index (Phi) is 5.62. The van der Waals surface area contributed by atoms with Crippen molar-refractivity contribution in [2.75, 3.05) is 49.6 Å². The van der Waals surface area contributed by atoms with Crippen molar-refractivity contribution < 1.29 is 14.3 Å². The SMILES string of the molecule is COc1cccc(N2CCN(C(=O)C3CCN(c4ccc(Cl)cc4)C3=O)CC2)c1. The predicted molar refractivity (Wildman–Crippen MR) is 114 cm³/mol. The van der Waals surface area contributed by atoms with Crippen LogP contribution >= 0.6 is 11.6 Å². The summed E-state index contributed by atoms with van der Waals surface area (Å²) in [5.41, 5.74) is 1.87. The van der Waals surface area contributed by atoms with E-state index >= 15 is 0 Å². The van der Waals surface area contributed by atoms with Crippen molar-refractivity contribution in [3.05, 3.63) is 53.6 Å². The van der Waals surface area contributed by atoms with Gasteiger partial charge in [-0.2, -0.15) is 0 Å². The molecule has 0 spiro atoms. The summed E-state index contributed by atoms with van der Waals surface area (Å²) in [6.45, 7) is 3.25. The van der Waals surface area contributed by atoms with Crippen molar-refractivity contribution in [2.24, 2.45) is 5.92 Å². The van der Waals surface area contributed by atoms with Crippen LogP contribution in [0.3, 0.4) is 0 Å². The number of methoxy groups -OCH3 is 1. The Labute approximate surface area is 175 Å². The smallest absolute Gasteiger partial charge is 0.239 e. The van der Waals surface area contributed by atoms with Crippen molar-refractivity contribution in [3.8, 4) is 5.75 Å². The monoisotopic (exact) mass is 413 g/mol. The summed E-state index contributed by atoms with van der Waals surface area (Å²) in [6, 6.07) is 15.1. The van der Waals surface area contributed by atoms with Gasteiger partial charge in [-0.05, 0) is 42.8 Å². The Balaban J connectivity index is 1.37. The summed E-state index contributed by atoms with van der Waals surface area (Å²) >= 11 is 5.93. The number of hydrogen-bond donors (Lipinski definition) is 0. The van der Waals surface area contributed by atoms with Crippen LogP contribution in [0.4, 0.5) is 11.4 Å². The van der Waals surface area contributed by atoms with Crippen molar-refractivity contribution in [2.45, 2.75) is 6.42 Å². The van der Waals surface area contributed by atoms with Gasteiger partial charge in [0.2, 0.25) is 11.8 Å². The fraction of sp³-hybridized carbons (Fsp3) is 0.364. The van der Waals surface area contributed by atoms with Gasteiger partial charge in [0, 0.05) is 55.2 Å². The summed E-state index contributed by atoms with van der Waals surface area (Å²) < 4.78 is 5.30. The van der Waals surface area contributed by atoms with Crippen LogP contribution in [0.5, 0.6) is 5.75 Å². The highest BCUT2D eigenvalue weighted by Crippen LogP contribution is 2.28. The number of carbonyl (C=O) groups excluding carboxylic acids is 2. The van der Waals surface area contributed by atoms with Crippen molar-refractivity contribution in [1.29, 1.82) is 0 Å². The van der Waals surface area contributed by atoms with E-state index in [-0.39, 0.29) is 11.8 Å². The zero-order chi connectivity index (χ0) is 20.4. The molecule has 0 saturated carbocycles. The Morgan fingerprint density at radius 3 is 2.41 bits per heavy atom. The maximum absolute atomic E-state index is 13.0. The van der Waals surface area contributed by atoms with E-state index in [2.05, 4.69) is 4.90 Å². The van der Waals surface area contributed by atoms with Gasteiger partial charge in [0.1, 0.15) is 11.7 Å². The number of anilines is 2. The van der Waals surface area contributed by atoms with E-state index in [1.807, 2.05) is 41.3 Å². The van der Waals surface area contributed by atoms with Crippen LogP contribution in [0, 0.1) is 5.92 Å². The van der Waals surface area contributed by atoms with Gasteiger partial charge in [-0.3, -0.25) is 9.59 Å². The van der Waals surface area contributed by atoms with Gasteiger partial charge >= 0.3 is 0 Å². The van der Waals surface area contributed by atoms with Crippen molar-refractivity contribution in [1.82, 2.24) is 4.90 Å². The minimum absolute atomic E-state index is 0.0586. The van der Waals surface area contributed by atoms with E-state index in [0.29, 0.717) is 31.1 Å².